The highest BCUT2D eigenvalue weighted by Gasteiger charge is 2.61. The van der Waals surface area contributed by atoms with E-state index in [4.69, 9.17) is 14.5 Å². The van der Waals surface area contributed by atoms with Crippen LogP contribution in [0.1, 0.15) is 50.5 Å². The van der Waals surface area contributed by atoms with Crippen LogP contribution in [0.25, 0.3) is 0 Å². The van der Waals surface area contributed by atoms with Gasteiger partial charge >= 0.3 is 0 Å². The Bertz CT molecular complexity index is 1000. The van der Waals surface area contributed by atoms with Crippen LogP contribution < -0.4 is 15.0 Å². The number of anilines is 3. The molecule has 0 aromatic carbocycles. The number of hydrogen-bond acceptors (Lipinski definition) is 8. The van der Waals surface area contributed by atoms with Crippen LogP contribution in [-0.4, -0.2) is 62.6 Å². The van der Waals surface area contributed by atoms with Gasteiger partial charge in [-0.05, 0) is 38.5 Å². The molecular formula is C21H26N6O4. The van der Waals surface area contributed by atoms with Crippen LogP contribution in [0.4, 0.5) is 17.5 Å². The van der Waals surface area contributed by atoms with Crippen molar-refractivity contribution in [2.24, 2.45) is 0 Å². The number of H-pyrrole nitrogens is 1. The number of amides is 1. The van der Waals surface area contributed by atoms with E-state index >= 15 is 0 Å². The zero-order valence-electron chi connectivity index (χ0n) is 17.2. The number of aliphatic hydroxyl groups is 1. The van der Waals surface area contributed by atoms with E-state index in [2.05, 4.69) is 20.5 Å². The van der Waals surface area contributed by atoms with Crippen molar-refractivity contribution in [1.82, 2.24) is 20.2 Å². The van der Waals surface area contributed by atoms with Crippen LogP contribution in [0.3, 0.4) is 0 Å². The Kier molecular flexibility index (Phi) is 4.39. The van der Waals surface area contributed by atoms with E-state index in [9.17, 15) is 9.90 Å². The summed E-state index contributed by atoms with van der Waals surface area (Å²) in [7, 11) is 0. The zero-order valence-corrected chi connectivity index (χ0v) is 17.2. The Morgan fingerprint density at radius 3 is 2.97 bits per heavy atom. The minimum atomic E-state index is -0.456. The molecule has 0 bridgehead atoms. The van der Waals surface area contributed by atoms with Crippen molar-refractivity contribution < 1.29 is 19.4 Å². The SMILES string of the molecule is O=C1N([C@@H]2CCC[C@@H](O)C2)c2nc(Nc3cn[nH]c3OC3CCOC3)ncc2C12CC2. The van der Waals surface area contributed by atoms with Gasteiger partial charge in [0.05, 0.1) is 30.9 Å². The molecule has 2 aromatic rings. The molecule has 2 saturated carbocycles. The Morgan fingerprint density at radius 2 is 2.19 bits per heavy atom. The van der Waals surface area contributed by atoms with E-state index in [1.165, 1.54) is 0 Å². The first-order valence-corrected chi connectivity index (χ1v) is 11.1. The number of nitrogens with zero attached hydrogens (tertiary/aromatic N) is 4. The second kappa shape index (κ2) is 7.16. The number of carbonyl (C=O) groups is 1. The predicted octanol–water partition coefficient (Wildman–Crippen LogP) is 1.79. The fourth-order valence-corrected chi connectivity index (χ4v) is 5.06. The molecule has 2 aliphatic heterocycles. The van der Waals surface area contributed by atoms with E-state index in [0.717, 1.165) is 44.1 Å². The zero-order chi connectivity index (χ0) is 21.0. The molecule has 3 fully saturated rings. The molecule has 6 rings (SSSR count). The minimum absolute atomic E-state index is 0.0116. The van der Waals surface area contributed by atoms with Crippen LogP contribution in [0.5, 0.6) is 5.88 Å². The molecule has 31 heavy (non-hydrogen) atoms. The number of fused-ring (bicyclic) bond motifs is 2. The third-order valence-electron chi connectivity index (χ3n) is 6.90. The fraction of sp³-hybridized carbons (Fsp3) is 0.619. The second-order valence-corrected chi connectivity index (χ2v) is 9.00. The molecular weight excluding hydrogens is 400 g/mol. The van der Waals surface area contributed by atoms with Crippen molar-refractivity contribution >= 4 is 23.4 Å². The molecule has 10 heteroatoms. The summed E-state index contributed by atoms with van der Waals surface area (Å²) in [4.78, 5) is 24.4. The van der Waals surface area contributed by atoms with Crippen LogP contribution in [0, 0.1) is 0 Å². The quantitative estimate of drug-likeness (QED) is 0.661. The van der Waals surface area contributed by atoms with Crippen molar-refractivity contribution in [3.05, 3.63) is 18.0 Å². The number of aromatic amines is 1. The lowest BCUT2D eigenvalue weighted by Crippen LogP contribution is -2.44. The molecule has 3 N–H and O–H groups in total. The highest BCUT2D eigenvalue weighted by atomic mass is 16.6. The van der Waals surface area contributed by atoms with Gasteiger partial charge in [0.15, 0.2) is 0 Å². The fourth-order valence-electron chi connectivity index (χ4n) is 5.06. The molecule has 2 aliphatic carbocycles. The van der Waals surface area contributed by atoms with E-state index < -0.39 is 5.41 Å². The third-order valence-corrected chi connectivity index (χ3v) is 6.90. The maximum Gasteiger partial charge on any atom is 0.239 e. The van der Waals surface area contributed by atoms with Gasteiger partial charge < -0.3 is 19.9 Å². The second-order valence-electron chi connectivity index (χ2n) is 9.00. The maximum atomic E-state index is 13.3. The van der Waals surface area contributed by atoms with Gasteiger partial charge in [0.25, 0.3) is 0 Å². The number of aromatic nitrogens is 4. The number of carbonyl (C=O) groups excluding carboxylic acids is 1. The molecule has 4 aliphatic rings. The average molecular weight is 426 g/mol. The third kappa shape index (κ3) is 3.16. The topological polar surface area (TPSA) is 125 Å². The molecule has 164 valence electrons. The van der Waals surface area contributed by atoms with Crippen molar-refractivity contribution in [3.8, 4) is 5.88 Å². The number of nitrogens with one attached hydrogen (secondary N) is 2. The van der Waals surface area contributed by atoms with Gasteiger partial charge in [-0.25, -0.2) is 10.1 Å². The lowest BCUT2D eigenvalue weighted by molar-refractivity contribution is -0.121. The van der Waals surface area contributed by atoms with Crippen LogP contribution in [0.15, 0.2) is 12.4 Å². The standard InChI is InChI=1S/C21H26N6O4/c28-13-3-1-2-12(8-13)27-17-15(21(5-6-21)19(27)29)9-22-20(25-17)24-16-10-23-26-18(16)31-14-4-7-30-11-14/h9-10,12-14,28H,1-8,11H2,(H,23,26)(H,22,24,25)/t12-,13-,14?/m1/s1. The normalized spacial score (nSPS) is 28.7. The summed E-state index contributed by atoms with van der Waals surface area (Å²) in [5.41, 5.74) is 1.09. The van der Waals surface area contributed by atoms with Gasteiger partial charge in [0.2, 0.25) is 17.7 Å². The Balaban J connectivity index is 1.28. The highest BCUT2D eigenvalue weighted by molar-refractivity contribution is 6.09. The van der Waals surface area contributed by atoms with Crippen molar-refractivity contribution in [2.45, 2.75) is 68.6 Å². The Morgan fingerprint density at radius 1 is 1.29 bits per heavy atom. The number of aliphatic hydroxyl groups excluding tert-OH is 1. The Hall–Kier alpha value is -2.72. The number of rotatable bonds is 5. The van der Waals surface area contributed by atoms with Crippen molar-refractivity contribution in [2.75, 3.05) is 23.4 Å². The molecule has 4 heterocycles. The molecule has 10 nitrogen and oxygen atoms in total. The monoisotopic (exact) mass is 426 g/mol. The molecule has 1 spiro atoms. The van der Waals surface area contributed by atoms with Gasteiger partial charge in [0.1, 0.15) is 17.6 Å². The molecule has 3 atom stereocenters. The van der Waals surface area contributed by atoms with E-state index in [1.54, 1.807) is 12.4 Å². The summed E-state index contributed by atoms with van der Waals surface area (Å²) in [6.45, 7) is 1.25. The van der Waals surface area contributed by atoms with Gasteiger partial charge in [-0.3, -0.25) is 9.69 Å². The summed E-state index contributed by atoms with van der Waals surface area (Å²) in [6, 6.07) is -0.0205. The van der Waals surface area contributed by atoms with Crippen LogP contribution in [-0.2, 0) is 14.9 Å². The lowest BCUT2D eigenvalue weighted by atomic mass is 9.92. The summed E-state index contributed by atoms with van der Waals surface area (Å²) in [5.74, 6) is 1.69. The largest absolute Gasteiger partial charge is 0.471 e. The van der Waals surface area contributed by atoms with E-state index in [1.807, 2.05) is 4.90 Å². The van der Waals surface area contributed by atoms with Gasteiger partial charge in [0, 0.05) is 24.2 Å². The average Bonchev–Trinajstić information content (AvgIpc) is 3.08. The lowest BCUT2D eigenvalue weighted by Gasteiger charge is -2.33. The maximum absolute atomic E-state index is 13.3. The summed E-state index contributed by atoms with van der Waals surface area (Å²) < 4.78 is 11.3. The van der Waals surface area contributed by atoms with E-state index in [-0.39, 0.29) is 24.2 Å². The van der Waals surface area contributed by atoms with Crippen molar-refractivity contribution in [3.63, 3.8) is 0 Å². The number of hydrogen-bond donors (Lipinski definition) is 3. The highest BCUT2D eigenvalue weighted by Crippen LogP contribution is 2.57. The summed E-state index contributed by atoms with van der Waals surface area (Å²) in [5, 5.41) is 20.3. The Labute approximate surface area is 179 Å². The molecule has 0 radical (unpaired) electrons. The predicted molar refractivity (Wildman–Crippen MR) is 110 cm³/mol. The summed E-state index contributed by atoms with van der Waals surface area (Å²) >= 11 is 0. The van der Waals surface area contributed by atoms with Crippen molar-refractivity contribution in [1.29, 1.82) is 0 Å². The molecule has 2 aromatic heterocycles. The smallest absolute Gasteiger partial charge is 0.239 e. The van der Waals surface area contributed by atoms with Gasteiger partial charge in [-0.15, -0.1) is 0 Å². The molecule has 1 saturated heterocycles. The minimum Gasteiger partial charge on any atom is -0.471 e. The molecule has 1 unspecified atom stereocenters. The van der Waals surface area contributed by atoms with Crippen LogP contribution in [0.2, 0.25) is 0 Å². The van der Waals surface area contributed by atoms with Gasteiger partial charge in [-0.1, -0.05) is 0 Å². The van der Waals surface area contributed by atoms with Gasteiger partial charge in [-0.2, -0.15) is 10.1 Å². The first kappa shape index (κ1) is 19.0. The first-order chi connectivity index (χ1) is 15.1. The van der Waals surface area contributed by atoms with E-state index in [0.29, 0.717) is 43.0 Å². The van der Waals surface area contributed by atoms with Crippen LogP contribution >= 0.6 is 0 Å². The number of ether oxygens (including phenoxy) is 2. The molecule has 1 amide bonds. The first-order valence-electron chi connectivity index (χ1n) is 11.1. The summed E-state index contributed by atoms with van der Waals surface area (Å²) in [6.07, 6.45) is 8.72.